The maximum absolute atomic E-state index is 12.7. The molecule has 4 rings (SSSR count). The number of imidazole rings is 1. The lowest BCUT2D eigenvalue weighted by atomic mass is 10.2. The van der Waals surface area contributed by atoms with E-state index >= 15 is 0 Å². The van der Waals surface area contributed by atoms with Crippen LogP contribution in [-0.2, 0) is 24.9 Å². The molecule has 4 aromatic rings. The molecule has 28 heavy (non-hydrogen) atoms. The number of carbonyl (C=O) groups excluding carboxylic acids is 1. The topological polar surface area (TPSA) is 86.7 Å². The molecule has 0 atom stereocenters. The van der Waals surface area contributed by atoms with Gasteiger partial charge in [0.1, 0.15) is 0 Å². The van der Waals surface area contributed by atoms with Crippen molar-refractivity contribution in [2.24, 2.45) is 7.05 Å². The number of nitrogens with zero attached hydrogens (tertiary/aromatic N) is 5. The normalized spacial score (nSPS) is 11.4. The number of nitrogens with one attached hydrogen (secondary N) is 1. The molecule has 0 saturated heterocycles. The molecule has 0 saturated carbocycles. The van der Waals surface area contributed by atoms with Crippen molar-refractivity contribution in [1.29, 1.82) is 0 Å². The number of hydrogen-bond donors (Lipinski definition) is 1. The van der Waals surface area contributed by atoms with Crippen LogP contribution in [0.1, 0.15) is 19.0 Å². The Morgan fingerprint density at radius 3 is 2.61 bits per heavy atom. The first kappa shape index (κ1) is 18.0. The molecule has 3 heterocycles. The molecule has 3 aromatic heterocycles. The second-order valence-corrected chi connectivity index (χ2v) is 6.77. The fourth-order valence-corrected chi connectivity index (χ4v) is 3.61. The van der Waals surface area contributed by atoms with Gasteiger partial charge in [0.25, 0.3) is 0 Å². The van der Waals surface area contributed by atoms with E-state index in [-0.39, 0.29) is 18.0 Å². The molecule has 0 radical (unpaired) electrons. The lowest BCUT2D eigenvalue weighted by Crippen LogP contribution is -2.25. The Morgan fingerprint density at radius 2 is 1.89 bits per heavy atom. The molecule has 0 bridgehead atoms. The van der Waals surface area contributed by atoms with Crippen molar-refractivity contribution >= 4 is 33.7 Å². The molecule has 0 unspecified atom stereocenters. The van der Waals surface area contributed by atoms with Crippen LogP contribution in [0.3, 0.4) is 0 Å². The van der Waals surface area contributed by atoms with Crippen molar-refractivity contribution in [2.45, 2.75) is 33.4 Å². The molecule has 8 nitrogen and oxygen atoms in total. The van der Waals surface area contributed by atoms with E-state index in [1.54, 1.807) is 20.0 Å². The number of aryl methyl sites for hydroxylation is 4. The summed E-state index contributed by atoms with van der Waals surface area (Å²) < 4.78 is 5.09. The summed E-state index contributed by atoms with van der Waals surface area (Å²) in [6, 6.07) is 9.51. The Kier molecular flexibility index (Phi) is 4.46. The van der Waals surface area contributed by atoms with Gasteiger partial charge in [-0.1, -0.05) is 12.1 Å². The van der Waals surface area contributed by atoms with E-state index in [9.17, 15) is 9.59 Å². The highest BCUT2D eigenvalue weighted by atomic mass is 16.2. The first-order valence-electron chi connectivity index (χ1n) is 9.27. The molecular weight excluding hydrogens is 356 g/mol. The molecule has 0 aliphatic heterocycles. The van der Waals surface area contributed by atoms with Crippen LogP contribution < -0.4 is 11.0 Å². The summed E-state index contributed by atoms with van der Waals surface area (Å²) in [6.45, 7) is 4.76. The molecule has 0 spiro atoms. The van der Waals surface area contributed by atoms with Gasteiger partial charge < -0.3 is 5.32 Å². The largest absolute Gasteiger partial charge is 0.329 e. The molecule has 0 fully saturated rings. The Hall–Kier alpha value is -3.42. The van der Waals surface area contributed by atoms with E-state index in [2.05, 4.69) is 15.4 Å². The summed E-state index contributed by atoms with van der Waals surface area (Å²) in [5.74, 6) is -0.164. The smallest absolute Gasteiger partial charge is 0.325 e. The van der Waals surface area contributed by atoms with E-state index in [1.165, 1.54) is 0 Å². The molecule has 1 N–H and O–H groups in total. The van der Waals surface area contributed by atoms with Gasteiger partial charge in [-0.15, -0.1) is 0 Å². The molecule has 1 aromatic carbocycles. The monoisotopic (exact) mass is 378 g/mol. The fourth-order valence-electron chi connectivity index (χ4n) is 3.61. The number of hydrogen-bond acceptors (Lipinski definition) is 4. The van der Waals surface area contributed by atoms with Gasteiger partial charge in [0.15, 0.2) is 5.65 Å². The van der Waals surface area contributed by atoms with E-state index in [0.717, 1.165) is 27.8 Å². The fraction of sp³-hybridized carbons (Fsp3) is 0.300. The van der Waals surface area contributed by atoms with E-state index in [1.807, 2.05) is 51.2 Å². The van der Waals surface area contributed by atoms with Crippen molar-refractivity contribution < 1.29 is 4.79 Å². The lowest BCUT2D eigenvalue weighted by molar-refractivity contribution is -0.116. The first-order valence-corrected chi connectivity index (χ1v) is 9.27. The second-order valence-electron chi connectivity index (χ2n) is 6.77. The summed E-state index contributed by atoms with van der Waals surface area (Å²) in [5, 5.41) is 8.11. The van der Waals surface area contributed by atoms with Crippen molar-refractivity contribution in [3.8, 4) is 0 Å². The summed E-state index contributed by atoms with van der Waals surface area (Å²) in [7, 11) is 1.84. The Morgan fingerprint density at radius 1 is 1.18 bits per heavy atom. The third-order valence-electron chi connectivity index (χ3n) is 4.95. The number of pyridine rings is 1. The van der Waals surface area contributed by atoms with Crippen molar-refractivity contribution in [3.05, 3.63) is 52.7 Å². The molecule has 8 heteroatoms. The van der Waals surface area contributed by atoms with Crippen LogP contribution in [0.4, 0.5) is 5.69 Å². The van der Waals surface area contributed by atoms with Crippen LogP contribution >= 0.6 is 0 Å². The van der Waals surface area contributed by atoms with Gasteiger partial charge in [0, 0.05) is 31.9 Å². The number of aromatic nitrogens is 5. The number of amides is 1. The number of anilines is 1. The highest BCUT2D eigenvalue weighted by Gasteiger charge is 2.13. The van der Waals surface area contributed by atoms with Crippen LogP contribution in [0.15, 0.2) is 41.3 Å². The Labute approximate surface area is 161 Å². The van der Waals surface area contributed by atoms with Gasteiger partial charge in [-0.25, -0.2) is 9.78 Å². The van der Waals surface area contributed by atoms with Crippen LogP contribution in [0.5, 0.6) is 0 Å². The predicted molar refractivity (Wildman–Crippen MR) is 108 cm³/mol. The second kappa shape index (κ2) is 6.95. The minimum absolute atomic E-state index is 0.0921. The van der Waals surface area contributed by atoms with Gasteiger partial charge >= 0.3 is 5.69 Å². The zero-order valence-corrected chi connectivity index (χ0v) is 16.1. The highest BCUT2D eigenvalue weighted by Crippen LogP contribution is 2.19. The van der Waals surface area contributed by atoms with Gasteiger partial charge in [-0.05, 0) is 32.0 Å². The van der Waals surface area contributed by atoms with E-state index in [0.29, 0.717) is 18.8 Å². The van der Waals surface area contributed by atoms with Gasteiger partial charge in [0.05, 0.1) is 28.6 Å². The Balaban J connectivity index is 1.53. The van der Waals surface area contributed by atoms with Crippen LogP contribution in [0.25, 0.3) is 22.1 Å². The highest BCUT2D eigenvalue weighted by molar-refractivity contribution is 5.93. The van der Waals surface area contributed by atoms with Gasteiger partial charge in [-0.3, -0.25) is 18.6 Å². The molecular formula is C20H22N6O2. The molecule has 1 amide bonds. The van der Waals surface area contributed by atoms with Crippen molar-refractivity contribution in [1.82, 2.24) is 23.9 Å². The molecule has 0 aliphatic rings. The van der Waals surface area contributed by atoms with E-state index in [4.69, 9.17) is 0 Å². The average molecular weight is 378 g/mol. The molecule has 0 aliphatic carbocycles. The van der Waals surface area contributed by atoms with Crippen molar-refractivity contribution in [2.75, 3.05) is 5.32 Å². The number of benzene rings is 1. The average Bonchev–Trinajstić information content (AvgIpc) is 3.12. The van der Waals surface area contributed by atoms with Crippen LogP contribution in [0, 0.1) is 6.92 Å². The number of fused-ring (bicyclic) bond motifs is 2. The van der Waals surface area contributed by atoms with Crippen LogP contribution in [0.2, 0.25) is 0 Å². The third kappa shape index (κ3) is 2.96. The maximum Gasteiger partial charge on any atom is 0.329 e. The van der Waals surface area contributed by atoms with Gasteiger partial charge in [0.2, 0.25) is 5.91 Å². The standard InChI is InChI=1S/C20H22N6O2/c1-4-25-16-7-5-6-8-17(16)26(20(25)28)10-9-18(27)22-14-11-15-13(2)23-24(3)19(15)21-12-14/h5-8,11-12H,4,9-10H2,1-3H3,(H,22,27). The zero-order valence-electron chi connectivity index (χ0n) is 16.1. The van der Waals surface area contributed by atoms with Crippen molar-refractivity contribution in [3.63, 3.8) is 0 Å². The summed E-state index contributed by atoms with van der Waals surface area (Å²) in [6.07, 6.45) is 1.82. The van der Waals surface area contributed by atoms with E-state index < -0.39 is 0 Å². The predicted octanol–water partition coefficient (Wildman–Crippen LogP) is 2.44. The quantitative estimate of drug-likeness (QED) is 0.578. The lowest BCUT2D eigenvalue weighted by Gasteiger charge is -2.06. The number of rotatable bonds is 5. The minimum atomic E-state index is -0.164. The number of para-hydroxylation sites is 2. The minimum Gasteiger partial charge on any atom is -0.325 e. The SMILES string of the molecule is CCn1c(=O)n(CCC(=O)Nc2cnc3c(c2)c(C)nn3C)c2ccccc21. The maximum atomic E-state index is 12.7. The summed E-state index contributed by atoms with van der Waals surface area (Å²) in [5.41, 5.74) is 3.89. The molecule has 144 valence electrons. The zero-order chi connectivity index (χ0) is 19.8. The van der Waals surface area contributed by atoms with Crippen LogP contribution in [-0.4, -0.2) is 29.8 Å². The first-order chi connectivity index (χ1) is 13.5. The van der Waals surface area contributed by atoms with Gasteiger partial charge in [-0.2, -0.15) is 5.10 Å². The third-order valence-corrected chi connectivity index (χ3v) is 4.95. The Bertz CT molecular complexity index is 1250. The summed E-state index contributed by atoms with van der Waals surface area (Å²) in [4.78, 5) is 29.5. The summed E-state index contributed by atoms with van der Waals surface area (Å²) >= 11 is 0. The number of carbonyl (C=O) groups is 1.